The molecule has 4 nitrogen and oxygen atoms in total. The standard InChI is InChI=1S/C13H18N2O2/c14-12(9-4-6-15-7-5-9)10-2-1-3-11-13(10)17-8-16-11/h1-3,9,12,15H,4-8,14H2/t12-/m1/s1. The quantitative estimate of drug-likeness (QED) is 0.812. The van der Waals surface area contributed by atoms with Crippen molar-refractivity contribution in [2.75, 3.05) is 19.9 Å². The van der Waals surface area contributed by atoms with Gasteiger partial charge in [0, 0.05) is 11.6 Å². The summed E-state index contributed by atoms with van der Waals surface area (Å²) in [6.45, 7) is 2.43. The first-order valence-corrected chi connectivity index (χ1v) is 6.21. The number of rotatable bonds is 2. The van der Waals surface area contributed by atoms with Crippen molar-refractivity contribution in [3.8, 4) is 11.5 Å². The molecule has 1 aromatic rings. The predicted octanol–water partition coefficient (Wildman–Crippen LogP) is 1.41. The zero-order chi connectivity index (χ0) is 11.7. The fourth-order valence-electron chi connectivity index (χ4n) is 2.67. The van der Waals surface area contributed by atoms with Crippen molar-refractivity contribution < 1.29 is 9.47 Å². The van der Waals surface area contributed by atoms with Gasteiger partial charge in [0.1, 0.15) is 0 Å². The summed E-state index contributed by atoms with van der Waals surface area (Å²) in [5.74, 6) is 2.21. The Morgan fingerprint density at radius 3 is 2.88 bits per heavy atom. The summed E-state index contributed by atoms with van der Waals surface area (Å²) in [7, 11) is 0. The molecular weight excluding hydrogens is 216 g/mol. The fraction of sp³-hybridized carbons (Fsp3) is 0.538. The van der Waals surface area contributed by atoms with Gasteiger partial charge in [0.05, 0.1) is 0 Å². The normalized spacial score (nSPS) is 21.5. The van der Waals surface area contributed by atoms with E-state index in [1.54, 1.807) is 0 Å². The van der Waals surface area contributed by atoms with E-state index >= 15 is 0 Å². The molecule has 92 valence electrons. The monoisotopic (exact) mass is 234 g/mol. The highest BCUT2D eigenvalue weighted by Gasteiger charge is 2.27. The van der Waals surface area contributed by atoms with Gasteiger partial charge in [-0.05, 0) is 37.9 Å². The minimum absolute atomic E-state index is 0.0498. The number of benzene rings is 1. The number of piperidine rings is 1. The highest BCUT2D eigenvalue weighted by atomic mass is 16.7. The van der Waals surface area contributed by atoms with Crippen LogP contribution in [0, 0.1) is 5.92 Å². The van der Waals surface area contributed by atoms with E-state index in [0.29, 0.717) is 12.7 Å². The number of nitrogens with one attached hydrogen (secondary N) is 1. The third-order valence-electron chi connectivity index (χ3n) is 3.68. The van der Waals surface area contributed by atoms with E-state index in [2.05, 4.69) is 11.4 Å². The molecule has 0 spiro atoms. The van der Waals surface area contributed by atoms with Crippen LogP contribution in [0.25, 0.3) is 0 Å². The van der Waals surface area contributed by atoms with Crippen molar-refractivity contribution in [3.05, 3.63) is 23.8 Å². The van der Waals surface area contributed by atoms with Crippen LogP contribution in [-0.4, -0.2) is 19.9 Å². The fourth-order valence-corrected chi connectivity index (χ4v) is 2.67. The lowest BCUT2D eigenvalue weighted by atomic mass is 9.86. The summed E-state index contributed by atoms with van der Waals surface area (Å²) < 4.78 is 10.9. The molecular formula is C13H18N2O2. The van der Waals surface area contributed by atoms with Gasteiger partial charge in [-0.15, -0.1) is 0 Å². The summed E-state index contributed by atoms with van der Waals surface area (Å²) in [5.41, 5.74) is 7.47. The Hall–Kier alpha value is -1.26. The van der Waals surface area contributed by atoms with E-state index in [1.165, 1.54) is 0 Å². The van der Waals surface area contributed by atoms with Crippen molar-refractivity contribution in [1.29, 1.82) is 0 Å². The van der Waals surface area contributed by atoms with Gasteiger partial charge in [-0.2, -0.15) is 0 Å². The van der Waals surface area contributed by atoms with Crippen LogP contribution in [0.3, 0.4) is 0 Å². The molecule has 2 heterocycles. The maximum absolute atomic E-state index is 6.38. The first kappa shape index (κ1) is 10.9. The molecule has 1 aromatic carbocycles. The van der Waals surface area contributed by atoms with Crippen LogP contribution in [0.2, 0.25) is 0 Å². The molecule has 0 radical (unpaired) electrons. The summed E-state index contributed by atoms with van der Waals surface area (Å²) in [5, 5.41) is 3.36. The molecule has 3 N–H and O–H groups in total. The van der Waals surface area contributed by atoms with E-state index in [9.17, 15) is 0 Å². The SMILES string of the molecule is N[C@@H](c1cccc2c1OCO2)C1CCNCC1. The number of nitrogens with two attached hydrogens (primary N) is 1. The van der Waals surface area contributed by atoms with Crippen molar-refractivity contribution in [2.24, 2.45) is 11.7 Å². The molecule has 17 heavy (non-hydrogen) atoms. The van der Waals surface area contributed by atoms with E-state index in [0.717, 1.165) is 43.0 Å². The highest BCUT2D eigenvalue weighted by molar-refractivity contribution is 5.49. The molecule has 0 unspecified atom stereocenters. The van der Waals surface area contributed by atoms with Gasteiger partial charge in [-0.3, -0.25) is 0 Å². The molecule has 0 bridgehead atoms. The van der Waals surface area contributed by atoms with Crippen molar-refractivity contribution in [1.82, 2.24) is 5.32 Å². The second kappa shape index (κ2) is 4.55. The second-order valence-corrected chi connectivity index (χ2v) is 4.69. The third-order valence-corrected chi connectivity index (χ3v) is 3.68. The van der Waals surface area contributed by atoms with Gasteiger partial charge in [-0.25, -0.2) is 0 Å². The molecule has 0 aliphatic carbocycles. The van der Waals surface area contributed by atoms with E-state index < -0.39 is 0 Å². The zero-order valence-electron chi connectivity index (χ0n) is 9.82. The van der Waals surface area contributed by atoms with Gasteiger partial charge in [-0.1, -0.05) is 12.1 Å². The Morgan fingerprint density at radius 1 is 1.24 bits per heavy atom. The average Bonchev–Trinajstić information content (AvgIpc) is 2.87. The lowest BCUT2D eigenvalue weighted by Crippen LogP contribution is -2.33. The predicted molar refractivity (Wildman–Crippen MR) is 65.1 cm³/mol. The number of ether oxygens (including phenoxy) is 2. The topological polar surface area (TPSA) is 56.5 Å². The van der Waals surface area contributed by atoms with Crippen LogP contribution < -0.4 is 20.5 Å². The molecule has 0 saturated carbocycles. The van der Waals surface area contributed by atoms with Gasteiger partial charge in [0.25, 0.3) is 0 Å². The molecule has 2 aliphatic rings. The Kier molecular flexibility index (Phi) is 2.91. The minimum atomic E-state index is 0.0498. The smallest absolute Gasteiger partial charge is 0.231 e. The van der Waals surface area contributed by atoms with Gasteiger partial charge in [0.2, 0.25) is 6.79 Å². The highest BCUT2D eigenvalue weighted by Crippen LogP contribution is 2.40. The van der Waals surface area contributed by atoms with E-state index in [4.69, 9.17) is 15.2 Å². The van der Waals surface area contributed by atoms with Gasteiger partial charge >= 0.3 is 0 Å². The van der Waals surface area contributed by atoms with Gasteiger partial charge in [0.15, 0.2) is 11.5 Å². The summed E-state index contributed by atoms with van der Waals surface area (Å²) in [4.78, 5) is 0. The minimum Gasteiger partial charge on any atom is -0.454 e. The number of para-hydroxylation sites is 1. The van der Waals surface area contributed by atoms with Gasteiger partial charge < -0.3 is 20.5 Å². The molecule has 0 aromatic heterocycles. The first-order chi connectivity index (χ1) is 8.36. The number of hydrogen-bond donors (Lipinski definition) is 2. The van der Waals surface area contributed by atoms with Crippen molar-refractivity contribution in [2.45, 2.75) is 18.9 Å². The number of hydrogen-bond acceptors (Lipinski definition) is 4. The molecule has 1 fully saturated rings. The largest absolute Gasteiger partial charge is 0.454 e. The van der Waals surface area contributed by atoms with Crippen LogP contribution >= 0.6 is 0 Å². The Bertz CT molecular complexity index is 402. The number of fused-ring (bicyclic) bond motifs is 1. The molecule has 1 atom stereocenters. The average molecular weight is 234 g/mol. The molecule has 1 saturated heterocycles. The lowest BCUT2D eigenvalue weighted by molar-refractivity contribution is 0.172. The summed E-state index contributed by atoms with van der Waals surface area (Å²) in [6, 6.07) is 6.03. The third kappa shape index (κ3) is 1.98. The van der Waals surface area contributed by atoms with Crippen LogP contribution in [-0.2, 0) is 0 Å². The van der Waals surface area contributed by atoms with Crippen LogP contribution in [0.15, 0.2) is 18.2 Å². The van der Waals surface area contributed by atoms with Crippen molar-refractivity contribution >= 4 is 0 Å². The summed E-state index contributed by atoms with van der Waals surface area (Å²) in [6.07, 6.45) is 2.26. The van der Waals surface area contributed by atoms with Crippen molar-refractivity contribution in [3.63, 3.8) is 0 Å². The second-order valence-electron chi connectivity index (χ2n) is 4.69. The maximum Gasteiger partial charge on any atom is 0.231 e. The molecule has 2 aliphatic heterocycles. The maximum atomic E-state index is 6.38. The van der Waals surface area contributed by atoms with Crippen LogP contribution in [0.4, 0.5) is 0 Å². The zero-order valence-corrected chi connectivity index (χ0v) is 9.82. The van der Waals surface area contributed by atoms with E-state index in [-0.39, 0.29) is 6.04 Å². The molecule has 0 amide bonds. The van der Waals surface area contributed by atoms with Crippen LogP contribution in [0.5, 0.6) is 11.5 Å². The Labute approximate surface area is 101 Å². The lowest BCUT2D eigenvalue weighted by Gasteiger charge is -2.28. The van der Waals surface area contributed by atoms with Crippen LogP contribution in [0.1, 0.15) is 24.4 Å². The Balaban J connectivity index is 1.85. The molecule has 4 heteroatoms. The summed E-state index contributed by atoms with van der Waals surface area (Å²) >= 11 is 0. The first-order valence-electron chi connectivity index (χ1n) is 6.21. The molecule has 3 rings (SSSR count). The Morgan fingerprint density at radius 2 is 2.06 bits per heavy atom. The van der Waals surface area contributed by atoms with E-state index in [1.807, 2.05) is 12.1 Å².